The van der Waals surface area contributed by atoms with Crippen molar-refractivity contribution in [3.8, 4) is 0 Å². The summed E-state index contributed by atoms with van der Waals surface area (Å²) in [4.78, 5) is 9.50. The number of halogens is 3. The van der Waals surface area contributed by atoms with Crippen molar-refractivity contribution in [3.05, 3.63) is 48.8 Å². The molecule has 0 bridgehead atoms. The quantitative estimate of drug-likeness (QED) is 0.561. The number of nitrogens with one attached hydrogen (secondary N) is 2. The number of pyridine rings is 2. The van der Waals surface area contributed by atoms with Gasteiger partial charge in [0.1, 0.15) is 17.9 Å². The molecule has 0 amide bonds. The van der Waals surface area contributed by atoms with Crippen molar-refractivity contribution in [2.75, 3.05) is 23.8 Å². The highest BCUT2D eigenvalue weighted by molar-refractivity contribution is 5.95. The third kappa shape index (κ3) is 3.48. The summed E-state index contributed by atoms with van der Waals surface area (Å²) in [6.07, 6.45) is -1.12. The average molecular weight is 372 g/mol. The molecule has 0 atom stereocenters. The number of nitrogens with zero attached hydrogens (tertiary/aromatic N) is 4. The van der Waals surface area contributed by atoms with E-state index in [1.54, 1.807) is 24.4 Å². The fraction of sp³-hybridized carbons (Fsp3) is 0.167. The average Bonchev–Trinajstić information content (AvgIpc) is 3.03. The fourth-order valence-corrected chi connectivity index (χ4v) is 2.96. The van der Waals surface area contributed by atoms with Crippen LogP contribution in [-0.2, 0) is 0 Å². The predicted molar refractivity (Wildman–Crippen MR) is 98.2 cm³/mol. The van der Waals surface area contributed by atoms with Crippen LogP contribution in [0.15, 0.2) is 48.8 Å². The SMILES string of the molecule is CN(CC(F)(F)F)c1nccc2cc(Nc3n[nH]c4cccnc34)ccc12. The van der Waals surface area contributed by atoms with Gasteiger partial charge in [-0.2, -0.15) is 18.3 Å². The van der Waals surface area contributed by atoms with Gasteiger partial charge in [-0.25, -0.2) is 4.98 Å². The van der Waals surface area contributed by atoms with Gasteiger partial charge >= 0.3 is 6.18 Å². The Morgan fingerprint density at radius 3 is 2.78 bits per heavy atom. The van der Waals surface area contributed by atoms with E-state index in [0.717, 1.165) is 21.5 Å². The van der Waals surface area contributed by atoms with Crippen molar-refractivity contribution in [1.82, 2.24) is 20.2 Å². The van der Waals surface area contributed by atoms with Crippen LogP contribution in [0.2, 0.25) is 0 Å². The molecule has 0 saturated heterocycles. The van der Waals surface area contributed by atoms with Gasteiger partial charge < -0.3 is 10.2 Å². The maximum Gasteiger partial charge on any atom is 0.405 e. The molecule has 3 aromatic heterocycles. The minimum atomic E-state index is -4.30. The van der Waals surface area contributed by atoms with Gasteiger partial charge in [0.2, 0.25) is 0 Å². The molecular weight excluding hydrogens is 357 g/mol. The number of anilines is 3. The number of benzene rings is 1. The van der Waals surface area contributed by atoms with Crippen LogP contribution in [-0.4, -0.2) is 39.9 Å². The van der Waals surface area contributed by atoms with Crippen molar-refractivity contribution in [2.45, 2.75) is 6.18 Å². The lowest BCUT2D eigenvalue weighted by molar-refractivity contribution is -0.119. The molecule has 2 N–H and O–H groups in total. The smallest absolute Gasteiger partial charge is 0.350 e. The molecule has 0 aliphatic carbocycles. The van der Waals surface area contributed by atoms with Gasteiger partial charge in [-0.3, -0.25) is 10.1 Å². The summed E-state index contributed by atoms with van der Waals surface area (Å²) < 4.78 is 38.1. The first kappa shape index (κ1) is 17.1. The monoisotopic (exact) mass is 372 g/mol. The van der Waals surface area contributed by atoms with Crippen LogP contribution in [0.25, 0.3) is 21.8 Å². The van der Waals surface area contributed by atoms with Crippen molar-refractivity contribution < 1.29 is 13.2 Å². The molecule has 0 aliphatic rings. The maximum atomic E-state index is 12.7. The van der Waals surface area contributed by atoms with E-state index in [2.05, 4.69) is 25.5 Å². The molecule has 27 heavy (non-hydrogen) atoms. The normalized spacial score (nSPS) is 11.9. The van der Waals surface area contributed by atoms with Crippen molar-refractivity contribution in [1.29, 1.82) is 0 Å². The Labute approximate surface area is 152 Å². The molecule has 1 aromatic carbocycles. The Kier molecular flexibility index (Phi) is 4.06. The minimum Gasteiger partial charge on any atom is -0.350 e. The summed E-state index contributed by atoms with van der Waals surface area (Å²) in [6, 6.07) is 10.8. The Morgan fingerprint density at radius 1 is 1.11 bits per heavy atom. The van der Waals surface area contributed by atoms with Gasteiger partial charge in [0.15, 0.2) is 5.82 Å². The Hall–Kier alpha value is -3.36. The van der Waals surface area contributed by atoms with Crippen LogP contribution in [0.5, 0.6) is 0 Å². The number of rotatable bonds is 4. The highest BCUT2D eigenvalue weighted by atomic mass is 19.4. The number of aromatic nitrogens is 4. The number of alkyl halides is 3. The molecular formula is C18H15F3N6. The second-order valence-corrected chi connectivity index (χ2v) is 6.14. The summed E-state index contributed by atoms with van der Waals surface area (Å²) in [5.41, 5.74) is 2.26. The van der Waals surface area contributed by atoms with E-state index in [4.69, 9.17) is 0 Å². The van der Waals surface area contributed by atoms with Crippen LogP contribution in [0, 0.1) is 0 Å². The second-order valence-electron chi connectivity index (χ2n) is 6.14. The minimum absolute atomic E-state index is 0.281. The van der Waals surface area contributed by atoms with Crippen LogP contribution in [0.1, 0.15) is 0 Å². The van der Waals surface area contributed by atoms with Crippen LogP contribution < -0.4 is 10.2 Å². The number of hydrogen-bond acceptors (Lipinski definition) is 5. The number of H-pyrrole nitrogens is 1. The lowest BCUT2D eigenvalue weighted by Gasteiger charge is -2.21. The number of hydrogen-bond donors (Lipinski definition) is 2. The van der Waals surface area contributed by atoms with Crippen molar-refractivity contribution in [2.24, 2.45) is 0 Å². The lowest BCUT2D eigenvalue weighted by Crippen LogP contribution is -2.31. The van der Waals surface area contributed by atoms with E-state index in [0.29, 0.717) is 16.7 Å². The summed E-state index contributed by atoms with van der Waals surface area (Å²) in [6.45, 7) is -1.07. The fourth-order valence-electron chi connectivity index (χ4n) is 2.96. The molecule has 3 heterocycles. The topological polar surface area (TPSA) is 69.7 Å². The molecule has 6 nitrogen and oxygen atoms in total. The molecule has 0 spiro atoms. The summed E-state index contributed by atoms with van der Waals surface area (Å²) in [5.74, 6) is 0.858. The van der Waals surface area contributed by atoms with Crippen LogP contribution in [0.4, 0.5) is 30.5 Å². The lowest BCUT2D eigenvalue weighted by atomic mass is 10.1. The molecule has 9 heteroatoms. The van der Waals surface area contributed by atoms with E-state index in [9.17, 15) is 13.2 Å². The van der Waals surface area contributed by atoms with E-state index >= 15 is 0 Å². The zero-order chi connectivity index (χ0) is 19.0. The largest absolute Gasteiger partial charge is 0.405 e. The first-order valence-electron chi connectivity index (χ1n) is 8.13. The van der Waals surface area contributed by atoms with Gasteiger partial charge in [0.05, 0.1) is 5.52 Å². The van der Waals surface area contributed by atoms with E-state index in [-0.39, 0.29) is 5.82 Å². The molecule has 4 rings (SSSR count). The zero-order valence-corrected chi connectivity index (χ0v) is 14.2. The molecule has 4 aromatic rings. The predicted octanol–water partition coefficient (Wildman–Crippen LogP) is 4.25. The zero-order valence-electron chi connectivity index (χ0n) is 14.2. The second kappa shape index (κ2) is 6.42. The highest BCUT2D eigenvalue weighted by Crippen LogP contribution is 2.30. The Morgan fingerprint density at radius 2 is 1.96 bits per heavy atom. The number of fused-ring (bicyclic) bond motifs is 2. The standard InChI is InChI=1S/C18H15F3N6/c1-27(10-18(19,20)21)17-13-5-4-12(9-11(13)6-8-23-17)24-16-15-14(25-26-16)3-2-7-22-15/h2-9H,10H2,1H3,(H2,24,25,26). The third-order valence-corrected chi connectivity index (χ3v) is 4.10. The van der Waals surface area contributed by atoms with E-state index in [1.807, 2.05) is 18.2 Å². The molecule has 0 fully saturated rings. The molecule has 0 aliphatic heterocycles. The molecule has 0 saturated carbocycles. The van der Waals surface area contributed by atoms with Gasteiger partial charge in [-0.15, -0.1) is 0 Å². The Bertz CT molecular complexity index is 1110. The molecule has 138 valence electrons. The highest BCUT2D eigenvalue weighted by Gasteiger charge is 2.30. The van der Waals surface area contributed by atoms with Gasteiger partial charge in [-0.1, -0.05) is 0 Å². The van der Waals surface area contributed by atoms with Gasteiger partial charge in [0.25, 0.3) is 0 Å². The summed E-state index contributed by atoms with van der Waals surface area (Å²) >= 11 is 0. The van der Waals surface area contributed by atoms with Gasteiger partial charge in [-0.05, 0) is 41.8 Å². The van der Waals surface area contributed by atoms with Crippen molar-refractivity contribution >= 4 is 39.1 Å². The molecule has 0 radical (unpaired) electrons. The van der Waals surface area contributed by atoms with Crippen LogP contribution in [0.3, 0.4) is 0 Å². The van der Waals surface area contributed by atoms with Crippen molar-refractivity contribution in [3.63, 3.8) is 0 Å². The third-order valence-electron chi connectivity index (χ3n) is 4.10. The molecule has 0 unspecified atom stereocenters. The first-order chi connectivity index (χ1) is 12.9. The van der Waals surface area contributed by atoms with Gasteiger partial charge in [0, 0.05) is 30.5 Å². The van der Waals surface area contributed by atoms with E-state index in [1.165, 1.54) is 13.2 Å². The summed E-state index contributed by atoms with van der Waals surface area (Å²) in [5, 5.41) is 11.7. The summed E-state index contributed by atoms with van der Waals surface area (Å²) in [7, 11) is 1.38. The van der Waals surface area contributed by atoms with Crippen LogP contribution >= 0.6 is 0 Å². The Balaban J connectivity index is 1.67. The maximum absolute atomic E-state index is 12.7. The first-order valence-corrected chi connectivity index (χ1v) is 8.13. The van der Waals surface area contributed by atoms with E-state index < -0.39 is 12.7 Å². The number of aromatic amines is 1.